The predicted octanol–water partition coefficient (Wildman–Crippen LogP) is 5.20. The maximum Gasteiger partial charge on any atom is -0.0146 e. The van der Waals surface area contributed by atoms with Crippen LogP contribution in [-0.2, 0) is 25.7 Å². The van der Waals surface area contributed by atoms with Crippen LogP contribution < -0.4 is 0 Å². The van der Waals surface area contributed by atoms with Crippen LogP contribution >= 0.6 is 0 Å². The highest BCUT2D eigenvalue weighted by Gasteiger charge is 2.12. The lowest BCUT2D eigenvalue weighted by Crippen LogP contribution is -2.00. The molecule has 2 rings (SSSR count). The number of aryl methyl sites for hydroxylation is 2. The largest absolute Gasteiger partial charge is 0.0613 e. The summed E-state index contributed by atoms with van der Waals surface area (Å²) < 4.78 is 0. The Morgan fingerprint density at radius 2 is 1.05 bits per heavy atom. The fourth-order valence-electron chi connectivity index (χ4n) is 3.09. The molecule has 0 spiro atoms. The quantitative estimate of drug-likeness (QED) is 0.696. The Hall–Kier alpha value is -1.56. The minimum atomic E-state index is 1.05. The number of hydrogen-bond acceptors (Lipinski definition) is 0. The molecule has 2 aromatic rings. The molecule has 0 aromatic heterocycles. The molecule has 0 amide bonds. The van der Waals surface area contributed by atoms with Gasteiger partial charge in [-0.3, -0.25) is 0 Å². The molecule has 0 saturated heterocycles. The third kappa shape index (κ3) is 2.65. The molecule has 2 radical (unpaired) electrons. The van der Waals surface area contributed by atoms with Gasteiger partial charge < -0.3 is 0 Å². The van der Waals surface area contributed by atoms with Gasteiger partial charge in [0.15, 0.2) is 0 Å². The summed E-state index contributed by atoms with van der Waals surface area (Å²) in [5.41, 5.74) is 8.42. The lowest BCUT2D eigenvalue weighted by Gasteiger charge is -2.17. The van der Waals surface area contributed by atoms with Gasteiger partial charge in [-0.2, -0.15) is 0 Å². The first-order valence-corrected chi connectivity index (χ1v) is 7.81. The van der Waals surface area contributed by atoms with Crippen LogP contribution in [-0.4, -0.2) is 0 Å². The molecular weight excluding hydrogens is 240 g/mol. The maximum absolute atomic E-state index is 3.41. The van der Waals surface area contributed by atoms with Crippen molar-refractivity contribution in [3.8, 4) is 11.1 Å². The molecule has 0 aliphatic rings. The van der Waals surface area contributed by atoms with Crippen LogP contribution in [0.3, 0.4) is 0 Å². The Kier molecular flexibility index (Phi) is 5.00. The highest BCUT2D eigenvalue weighted by Crippen LogP contribution is 2.31. The summed E-state index contributed by atoms with van der Waals surface area (Å²) in [6.07, 6.45) is 4.24. The van der Waals surface area contributed by atoms with Gasteiger partial charge >= 0.3 is 0 Å². The highest BCUT2D eigenvalue weighted by molar-refractivity contribution is 5.73. The summed E-state index contributed by atoms with van der Waals surface area (Å²) >= 11 is 0. The van der Waals surface area contributed by atoms with E-state index in [-0.39, 0.29) is 0 Å². The molecule has 0 fully saturated rings. The van der Waals surface area contributed by atoms with Gasteiger partial charge in [0.25, 0.3) is 0 Å². The van der Waals surface area contributed by atoms with Gasteiger partial charge in [0.1, 0.15) is 0 Å². The molecule has 0 unspecified atom stereocenters. The Morgan fingerprint density at radius 3 is 1.35 bits per heavy atom. The topological polar surface area (TPSA) is 0 Å². The van der Waals surface area contributed by atoms with Gasteiger partial charge in [0.05, 0.1) is 0 Å². The first-order valence-electron chi connectivity index (χ1n) is 7.81. The minimum Gasteiger partial charge on any atom is -0.0613 e. The second kappa shape index (κ2) is 6.74. The summed E-state index contributed by atoms with van der Waals surface area (Å²) in [5.74, 6) is 0. The van der Waals surface area contributed by atoms with Crippen molar-refractivity contribution in [1.29, 1.82) is 0 Å². The molecule has 0 nitrogen and oxygen atoms in total. The average Bonchev–Trinajstić information content (AvgIpc) is 2.52. The van der Waals surface area contributed by atoms with Crippen LogP contribution in [0, 0.1) is 12.1 Å². The Labute approximate surface area is 123 Å². The molecule has 0 atom stereocenters. The average molecular weight is 264 g/mol. The molecule has 0 bridgehead atoms. The molecular formula is C20H24. The van der Waals surface area contributed by atoms with E-state index in [9.17, 15) is 0 Å². The molecule has 104 valence electrons. The van der Waals surface area contributed by atoms with E-state index in [4.69, 9.17) is 0 Å². The fraction of sp³-hybridized carbons (Fsp3) is 0.400. The molecule has 0 heteroatoms. The van der Waals surface area contributed by atoms with Crippen molar-refractivity contribution in [2.75, 3.05) is 0 Å². The molecule has 0 heterocycles. The van der Waals surface area contributed by atoms with E-state index < -0.39 is 0 Å². The molecule has 0 aliphatic carbocycles. The van der Waals surface area contributed by atoms with E-state index in [2.05, 4.69) is 64.1 Å². The number of benzene rings is 2. The van der Waals surface area contributed by atoms with Crippen molar-refractivity contribution < 1.29 is 0 Å². The first kappa shape index (κ1) is 14.8. The SMILES string of the molecule is CCc1[c]ccc(-c2cc[c]c(CC)c2CC)c1CC. The molecule has 0 N–H and O–H groups in total. The van der Waals surface area contributed by atoms with Gasteiger partial charge in [0.2, 0.25) is 0 Å². The van der Waals surface area contributed by atoms with Gasteiger partial charge in [-0.1, -0.05) is 52.0 Å². The smallest absolute Gasteiger partial charge is 0.0146 e. The molecule has 0 aliphatic heterocycles. The van der Waals surface area contributed by atoms with Crippen LogP contribution in [0.25, 0.3) is 11.1 Å². The Bertz CT molecular complexity index is 525. The summed E-state index contributed by atoms with van der Waals surface area (Å²) in [6.45, 7) is 8.91. The Balaban J connectivity index is 2.68. The van der Waals surface area contributed by atoms with E-state index in [1.807, 2.05) is 0 Å². The summed E-state index contributed by atoms with van der Waals surface area (Å²) in [5, 5.41) is 0. The number of hydrogen-bond donors (Lipinski definition) is 0. The molecule has 20 heavy (non-hydrogen) atoms. The monoisotopic (exact) mass is 264 g/mol. The van der Waals surface area contributed by atoms with E-state index in [0.29, 0.717) is 0 Å². The lowest BCUT2D eigenvalue weighted by molar-refractivity contribution is 1.02. The van der Waals surface area contributed by atoms with Crippen molar-refractivity contribution in [2.24, 2.45) is 0 Å². The summed E-state index contributed by atoms with van der Waals surface area (Å²) in [6, 6.07) is 15.4. The van der Waals surface area contributed by atoms with E-state index >= 15 is 0 Å². The normalized spacial score (nSPS) is 10.8. The van der Waals surface area contributed by atoms with Crippen molar-refractivity contribution in [1.82, 2.24) is 0 Å². The standard InChI is InChI=1S/C20H24/c1-5-15-11-9-13-19(17(15)7-3)20-14-10-12-16(6-2)18(20)8-4/h9-10,13-14H,5-8H2,1-4H3. The van der Waals surface area contributed by atoms with Gasteiger partial charge in [0, 0.05) is 0 Å². The van der Waals surface area contributed by atoms with Crippen molar-refractivity contribution >= 4 is 0 Å². The van der Waals surface area contributed by atoms with Crippen LogP contribution in [0.5, 0.6) is 0 Å². The zero-order valence-corrected chi connectivity index (χ0v) is 13.1. The Morgan fingerprint density at radius 1 is 0.650 bits per heavy atom. The second-order valence-electron chi connectivity index (χ2n) is 5.11. The number of rotatable bonds is 5. The van der Waals surface area contributed by atoms with E-state index in [1.165, 1.54) is 33.4 Å². The van der Waals surface area contributed by atoms with Crippen LogP contribution in [0.4, 0.5) is 0 Å². The fourth-order valence-corrected chi connectivity index (χ4v) is 3.09. The lowest BCUT2D eigenvalue weighted by atomic mass is 9.87. The zero-order chi connectivity index (χ0) is 14.5. The maximum atomic E-state index is 3.41. The highest BCUT2D eigenvalue weighted by atomic mass is 14.2. The predicted molar refractivity (Wildman–Crippen MR) is 87.1 cm³/mol. The first-order chi connectivity index (χ1) is 9.76. The van der Waals surface area contributed by atoms with Crippen LogP contribution in [0.1, 0.15) is 49.9 Å². The molecule has 2 aromatic carbocycles. The van der Waals surface area contributed by atoms with Crippen molar-refractivity contribution in [2.45, 2.75) is 53.4 Å². The van der Waals surface area contributed by atoms with Crippen molar-refractivity contribution in [3.05, 3.63) is 58.7 Å². The summed E-state index contributed by atoms with van der Waals surface area (Å²) in [7, 11) is 0. The van der Waals surface area contributed by atoms with Crippen molar-refractivity contribution in [3.63, 3.8) is 0 Å². The van der Waals surface area contributed by atoms with Crippen LogP contribution in [0.15, 0.2) is 24.3 Å². The van der Waals surface area contributed by atoms with E-state index in [1.54, 1.807) is 0 Å². The van der Waals surface area contributed by atoms with Gasteiger partial charge in [-0.25, -0.2) is 0 Å². The van der Waals surface area contributed by atoms with Gasteiger partial charge in [-0.05, 0) is 71.2 Å². The summed E-state index contributed by atoms with van der Waals surface area (Å²) in [4.78, 5) is 0. The third-order valence-corrected chi connectivity index (χ3v) is 4.10. The third-order valence-electron chi connectivity index (χ3n) is 4.10. The van der Waals surface area contributed by atoms with Crippen LogP contribution in [0.2, 0.25) is 0 Å². The second-order valence-corrected chi connectivity index (χ2v) is 5.11. The minimum absolute atomic E-state index is 1.05. The van der Waals surface area contributed by atoms with Gasteiger partial charge in [-0.15, -0.1) is 0 Å². The van der Waals surface area contributed by atoms with E-state index in [0.717, 1.165) is 25.7 Å². The zero-order valence-electron chi connectivity index (χ0n) is 13.1. The molecule has 0 saturated carbocycles.